The normalized spacial score (nSPS) is 25.4. The Morgan fingerprint density at radius 1 is 1.18 bits per heavy atom. The average molecular weight is 244 g/mol. The molecular formula is C14H28O3. The fraction of sp³-hybridized carbons (Fsp3) is 1.00. The first-order valence-electron chi connectivity index (χ1n) is 6.97. The van der Waals surface area contributed by atoms with Crippen LogP contribution in [0.25, 0.3) is 0 Å². The molecule has 0 aromatic rings. The Labute approximate surface area is 106 Å². The molecule has 0 aliphatic carbocycles. The Morgan fingerprint density at radius 3 is 2.47 bits per heavy atom. The third-order valence-electron chi connectivity index (χ3n) is 3.65. The molecule has 1 rings (SSSR count). The van der Waals surface area contributed by atoms with Crippen molar-refractivity contribution in [3.8, 4) is 0 Å². The first-order valence-corrected chi connectivity index (χ1v) is 6.97. The molecule has 0 radical (unpaired) electrons. The van der Waals surface area contributed by atoms with E-state index < -0.39 is 0 Å². The zero-order valence-electron chi connectivity index (χ0n) is 11.6. The molecule has 17 heavy (non-hydrogen) atoms. The van der Waals surface area contributed by atoms with E-state index in [4.69, 9.17) is 14.2 Å². The zero-order valence-corrected chi connectivity index (χ0v) is 11.6. The van der Waals surface area contributed by atoms with Gasteiger partial charge in [0.2, 0.25) is 0 Å². The van der Waals surface area contributed by atoms with Crippen LogP contribution in [0.3, 0.4) is 0 Å². The lowest BCUT2D eigenvalue weighted by molar-refractivity contribution is -0.127. The molecule has 0 spiro atoms. The minimum Gasteiger partial charge on any atom is -0.378 e. The maximum atomic E-state index is 5.92. The van der Waals surface area contributed by atoms with E-state index in [-0.39, 0.29) is 6.29 Å². The van der Waals surface area contributed by atoms with E-state index in [1.807, 2.05) is 0 Å². The van der Waals surface area contributed by atoms with Crippen LogP contribution in [0.2, 0.25) is 0 Å². The highest BCUT2D eigenvalue weighted by molar-refractivity contribution is 4.71. The van der Waals surface area contributed by atoms with Crippen molar-refractivity contribution in [2.45, 2.75) is 64.3 Å². The number of methoxy groups -OCH3 is 2. The molecule has 1 fully saturated rings. The summed E-state index contributed by atoms with van der Waals surface area (Å²) in [5.74, 6) is 0.599. The molecule has 0 saturated carbocycles. The number of rotatable bonds is 8. The summed E-state index contributed by atoms with van der Waals surface area (Å²) in [5.41, 5.74) is 0. The molecule has 1 aliphatic heterocycles. The molecule has 0 aromatic carbocycles. The maximum Gasteiger partial charge on any atom is 0.157 e. The second-order valence-corrected chi connectivity index (χ2v) is 5.03. The minimum atomic E-state index is -0.0692. The fourth-order valence-corrected chi connectivity index (χ4v) is 2.46. The monoisotopic (exact) mass is 244 g/mol. The largest absolute Gasteiger partial charge is 0.378 e. The lowest BCUT2D eigenvalue weighted by Crippen LogP contribution is -2.29. The van der Waals surface area contributed by atoms with Crippen LogP contribution in [-0.4, -0.2) is 33.2 Å². The zero-order chi connectivity index (χ0) is 12.5. The van der Waals surface area contributed by atoms with Crippen molar-refractivity contribution in [3.05, 3.63) is 0 Å². The summed E-state index contributed by atoms with van der Waals surface area (Å²) in [6.07, 6.45) is 9.01. The van der Waals surface area contributed by atoms with Gasteiger partial charge in [-0.25, -0.2) is 0 Å². The third-order valence-corrected chi connectivity index (χ3v) is 3.65. The van der Waals surface area contributed by atoms with Gasteiger partial charge in [-0.15, -0.1) is 0 Å². The van der Waals surface area contributed by atoms with Crippen LogP contribution in [0.4, 0.5) is 0 Å². The molecule has 1 heterocycles. The highest BCUT2D eigenvalue weighted by atomic mass is 16.7. The molecular weight excluding hydrogens is 216 g/mol. The van der Waals surface area contributed by atoms with Gasteiger partial charge < -0.3 is 14.2 Å². The van der Waals surface area contributed by atoms with Crippen LogP contribution < -0.4 is 0 Å². The molecule has 0 aromatic heterocycles. The van der Waals surface area contributed by atoms with E-state index >= 15 is 0 Å². The summed E-state index contributed by atoms with van der Waals surface area (Å²) in [4.78, 5) is 0. The number of hydrogen-bond donors (Lipinski definition) is 0. The summed E-state index contributed by atoms with van der Waals surface area (Å²) in [6, 6.07) is 0. The minimum absolute atomic E-state index is 0.0692. The third kappa shape index (κ3) is 5.84. The van der Waals surface area contributed by atoms with E-state index in [0.717, 1.165) is 13.0 Å². The molecule has 0 unspecified atom stereocenters. The second kappa shape index (κ2) is 8.90. The number of unbranched alkanes of at least 4 members (excludes halogenated alkanes) is 2. The molecule has 0 amide bonds. The predicted octanol–water partition coefficient (Wildman–Crippen LogP) is 3.37. The lowest BCUT2D eigenvalue weighted by atomic mass is 9.93. The van der Waals surface area contributed by atoms with Gasteiger partial charge in [-0.1, -0.05) is 26.2 Å². The Kier molecular flexibility index (Phi) is 7.82. The van der Waals surface area contributed by atoms with Gasteiger partial charge in [0.1, 0.15) is 0 Å². The van der Waals surface area contributed by atoms with Gasteiger partial charge in [0.15, 0.2) is 6.29 Å². The second-order valence-electron chi connectivity index (χ2n) is 5.03. The molecule has 102 valence electrons. The van der Waals surface area contributed by atoms with E-state index in [0.29, 0.717) is 12.0 Å². The molecule has 3 nitrogen and oxygen atoms in total. The van der Waals surface area contributed by atoms with Crippen molar-refractivity contribution in [2.75, 3.05) is 20.8 Å². The fourth-order valence-electron chi connectivity index (χ4n) is 2.46. The standard InChI is InChI=1S/C14H28O3/c1-4-5-6-7-13-9-8-12(11-17-13)10-14(15-2)16-3/h12-14H,4-11H2,1-3H3/t12-,13-/m1/s1. The maximum absolute atomic E-state index is 5.92. The van der Waals surface area contributed by atoms with Crippen molar-refractivity contribution in [1.29, 1.82) is 0 Å². The van der Waals surface area contributed by atoms with Crippen LogP contribution in [0, 0.1) is 5.92 Å². The van der Waals surface area contributed by atoms with Crippen LogP contribution in [0.5, 0.6) is 0 Å². The summed E-state index contributed by atoms with van der Waals surface area (Å²) < 4.78 is 16.4. The Bertz CT molecular complexity index is 172. The van der Waals surface area contributed by atoms with Crippen LogP contribution in [-0.2, 0) is 14.2 Å². The van der Waals surface area contributed by atoms with Crippen LogP contribution in [0.15, 0.2) is 0 Å². The highest BCUT2D eigenvalue weighted by Gasteiger charge is 2.23. The Hall–Kier alpha value is -0.120. The van der Waals surface area contributed by atoms with Crippen molar-refractivity contribution < 1.29 is 14.2 Å². The molecule has 3 heteroatoms. The van der Waals surface area contributed by atoms with Gasteiger partial charge >= 0.3 is 0 Å². The predicted molar refractivity (Wildman–Crippen MR) is 69.0 cm³/mol. The highest BCUT2D eigenvalue weighted by Crippen LogP contribution is 2.26. The van der Waals surface area contributed by atoms with Crippen molar-refractivity contribution >= 4 is 0 Å². The van der Waals surface area contributed by atoms with Crippen molar-refractivity contribution in [2.24, 2.45) is 5.92 Å². The Balaban J connectivity index is 2.12. The summed E-state index contributed by atoms with van der Waals surface area (Å²) >= 11 is 0. The molecule has 1 aliphatic rings. The number of hydrogen-bond acceptors (Lipinski definition) is 3. The van der Waals surface area contributed by atoms with Gasteiger partial charge in [-0.2, -0.15) is 0 Å². The summed E-state index contributed by atoms with van der Waals surface area (Å²) in [5, 5.41) is 0. The van der Waals surface area contributed by atoms with Crippen LogP contribution >= 0.6 is 0 Å². The molecule has 2 atom stereocenters. The van der Waals surface area contributed by atoms with Gasteiger partial charge in [-0.05, 0) is 25.2 Å². The van der Waals surface area contributed by atoms with Gasteiger partial charge in [0, 0.05) is 27.2 Å². The first kappa shape index (κ1) is 14.9. The van der Waals surface area contributed by atoms with E-state index in [1.54, 1.807) is 14.2 Å². The smallest absolute Gasteiger partial charge is 0.157 e. The molecule has 0 bridgehead atoms. The van der Waals surface area contributed by atoms with Gasteiger partial charge in [-0.3, -0.25) is 0 Å². The topological polar surface area (TPSA) is 27.7 Å². The lowest BCUT2D eigenvalue weighted by Gasteiger charge is -2.30. The van der Waals surface area contributed by atoms with Crippen molar-refractivity contribution in [1.82, 2.24) is 0 Å². The van der Waals surface area contributed by atoms with E-state index in [9.17, 15) is 0 Å². The first-order chi connectivity index (χ1) is 8.30. The number of ether oxygens (including phenoxy) is 3. The van der Waals surface area contributed by atoms with E-state index in [2.05, 4.69) is 6.92 Å². The van der Waals surface area contributed by atoms with Crippen molar-refractivity contribution in [3.63, 3.8) is 0 Å². The SMILES string of the molecule is CCCCC[C@@H]1CC[C@H](CC(OC)OC)CO1. The average Bonchev–Trinajstić information content (AvgIpc) is 2.38. The van der Waals surface area contributed by atoms with Gasteiger partial charge in [0.05, 0.1) is 6.10 Å². The molecule has 1 saturated heterocycles. The van der Waals surface area contributed by atoms with Gasteiger partial charge in [0.25, 0.3) is 0 Å². The quantitative estimate of drug-likeness (QED) is 0.484. The van der Waals surface area contributed by atoms with E-state index in [1.165, 1.54) is 38.5 Å². The molecule has 0 N–H and O–H groups in total. The summed E-state index contributed by atoms with van der Waals surface area (Å²) in [7, 11) is 3.40. The summed E-state index contributed by atoms with van der Waals surface area (Å²) in [6.45, 7) is 3.12. The van der Waals surface area contributed by atoms with Crippen LogP contribution in [0.1, 0.15) is 51.9 Å². The Morgan fingerprint density at radius 2 is 1.94 bits per heavy atom.